The third-order valence-electron chi connectivity index (χ3n) is 5.37. The minimum absolute atomic E-state index is 0.0955. The molecule has 1 fully saturated rings. The number of ether oxygens (including phenoxy) is 2. The molecule has 33 heavy (non-hydrogen) atoms. The van der Waals surface area contributed by atoms with Gasteiger partial charge in [0, 0.05) is 41.4 Å². The summed E-state index contributed by atoms with van der Waals surface area (Å²) in [6, 6.07) is 15.1. The van der Waals surface area contributed by atoms with Gasteiger partial charge in [-0.1, -0.05) is 12.1 Å². The second-order valence-corrected chi connectivity index (χ2v) is 10.1. The smallest absolute Gasteiger partial charge is 0.153 e. The maximum atomic E-state index is 11.5. The van der Waals surface area contributed by atoms with E-state index in [-0.39, 0.29) is 24.7 Å². The van der Waals surface area contributed by atoms with Crippen molar-refractivity contribution in [1.82, 2.24) is 15.0 Å². The first-order valence-corrected chi connectivity index (χ1v) is 12.4. The molecule has 0 amide bonds. The van der Waals surface area contributed by atoms with Crippen LogP contribution in [0.4, 0.5) is 0 Å². The van der Waals surface area contributed by atoms with Gasteiger partial charge in [-0.05, 0) is 42.0 Å². The average Bonchev–Trinajstić information content (AvgIpc) is 3.53. The van der Waals surface area contributed by atoms with E-state index < -0.39 is 9.84 Å². The fourth-order valence-corrected chi connectivity index (χ4v) is 4.44. The number of nitrogens with zero attached hydrogens (tertiary/aromatic N) is 3. The molecule has 0 spiro atoms. The van der Waals surface area contributed by atoms with Crippen molar-refractivity contribution in [3.63, 3.8) is 0 Å². The maximum Gasteiger partial charge on any atom is 0.153 e. The lowest BCUT2D eigenvalue weighted by Gasteiger charge is -2.13. The quantitative estimate of drug-likeness (QED) is 0.416. The Kier molecular flexibility index (Phi) is 5.53. The number of benzene rings is 1. The van der Waals surface area contributed by atoms with E-state index in [9.17, 15) is 8.42 Å². The first kappa shape index (κ1) is 21.4. The van der Waals surface area contributed by atoms with Crippen LogP contribution >= 0.6 is 0 Å². The van der Waals surface area contributed by atoms with Gasteiger partial charge in [-0.15, -0.1) is 0 Å². The molecule has 5 rings (SSSR count). The van der Waals surface area contributed by atoms with Gasteiger partial charge in [-0.3, -0.25) is 15.0 Å². The number of fused-ring (bicyclic) bond motifs is 1. The van der Waals surface area contributed by atoms with Crippen molar-refractivity contribution in [2.24, 2.45) is 5.73 Å². The van der Waals surface area contributed by atoms with E-state index >= 15 is 0 Å². The van der Waals surface area contributed by atoms with Crippen molar-refractivity contribution in [2.75, 3.05) is 6.26 Å². The second-order valence-electron chi connectivity index (χ2n) is 8.00. The summed E-state index contributed by atoms with van der Waals surface area (Å²) in [5.74, 6) is 0.565. The van der Waals surface area contributed by atoms with Crippen LogP contribution in [0.5, 0.6) is 5.75 Å². The summed E-state index contributed by atoms with van der Waals surface area (Å²) >= 11 is 0. The number of epoxide rings is 1. The maximum absolute atomic E-state index is 11.5. The summed E-state index contributed by atoms with van der Waals surface area (Å²) in [5, 5.41) is 0.875. The molecule has 0 bridgehead atoms. The molecule has 9 heteroatoms. The Labute approximate surface area is 191 Å². The molecule has 1 saturated heterocycles. The molecule has 0 aliphatic carbocycles. The van der Waals surface area contributed by atoms with Crippen LogP contribution in [0.25, 0.3) is 22.0 Å². The van der Waals surface area contributed by atoms with E-state index in [0.717, 1.165) is 33.3 Å². The number of rotatable bonds is 7. The van der Waals surface area contributed by atoms with Crippen molar-refractivity contribution < 1.29 is 17.9 Å². The van der Waals surface area contributed by atoms with E-state index in [1.165, 1.54) is 6.26 Å². The highest BCUT2D eigenvalue weighted by atomic mass is 32.2. The predicted octanol–water partition coefficient (Wildman–Crippen LogP) is 3.17. The molecule has 2 atom stereocenters. The molecule has 4 heterocycles. The second kappa shape index (κ2) is 8.51. The van der Waals surface area contributed by atoms with E-state index in [4.69, 9.17) is 15.2 Å². The first-order chi connectivity index (χ1) is 15.9. The number of hydrogen-bond donors (Lipinski definition) is 1. The van der Waals surface area contributed by atoms with Gasteiger partial charge in [-0.2, -0.15) is 0 Å². The lowest BCUT2D eigenvalue weighted by molar-refractivity contribution is 0.301. The lowest BCUT2D eigenvalue weighted by Crippen LogP contribution is -2.06. The van der Waals surface area contributed by atoms with Gasteiger partial charge in [0.15, 0.2) is 9.84 Å². The fraction of sp³-hybridized carbons (Fsp3) is 0.208. The number of aromatic nitrogens is 3. The number of pyridine rings is 3. The van der Waals surface area contributed by atoms with Crippen molar-refractivity contribution in [3.05, 3.63) is 84.1 Å². The molecule has 3 aromatic heterocycles. The summed E-state index contributed by atoms with van der Waals surface area (Å²) in [6.07, 6.45) is 5.84. The van der Waals surface area contributed by atoms with Crippen LogP contribution < -0.4 is 10.5 Å². The highest BCUT2D eigenvalue weighted by Crippen LogP contribution is 2.37. The monoisotopic (exact) mass is 462 g/mol. The van der Waals surface area contributed by atoms with E-state index in [2.05, 4.69) is 15.0 Å². The molecule has 8 nitrogen and oxygen atoms in total. The lowest BCUT2D eigenvalue weighted by atomic mass is 10.0. The van der Waals surface area contributed by atoms with Crippen LogP contribution in [0.15, 0.2) is 67.1 Å². The molecule has 2 N–H and O–H groups in total. The minimum Gasteiger partial charge on any atom is -0.487 e. The van der Waals surface area contributed by atoms with Crippen LogP contribution in [-0.2, 0) is 26.9 Å². The molecule has 2 unspecified atom stereocenters. The molecule has 0 radical (unpaired) electrons. The highest BCUT2D eigenvalue weighted by Gasteiger charge is 2.38. The molecule has 0 saturated carbocycles. The number of nitrogens with two attached hydrogens (primary N) is 1. The zero-order valence-corrected chi connectivity index (χ0v) is 18.7. The molecule has 168 valence electrons. The van der Waals surface area contributed by atoms with E-state index in [0.29, 0.717) is 11.4 Å². The summed E-state index contributed by atoms with van der Waals surface area (Å²) in [5.41, 5.74) is 10.5. The van der Waals surface area contributed by atoms with Crippen LogP contribution in [0.2, 0.25) is 0 Å². The Balaban J connectivity index is 1.46. The number of sulfone groups is 1. The Morgan fingerprint density at radius 3 is 2.55 bits per heavy atom. The zero-order chi connectivity index (χ0) is 23.0. The molecular weight excluding hydrogens is 440 g/mol. The van der Waals surface area contributed by atoms with Crippen molar-refractivity contribution in [3.8, 4) is 16.9 Å². The molecule has 4 aromatic rings. The van der Waals surface area contributed by atoms with Gasteiger partial charge >= 0.3 is 0 Å². The average molecular weight is 463 g/mol. The zero-order valence-electron chi connectivity index (χ0n) is 17.9. The van der Waals surface area contributed by atoms with Crippen LogP contribution in [0.1, 0.15) is 23.1 Å². The van der Waals surface area contributed by atoms with Gasteiger partial charge in [0.25, 0.3) is 0 Å². The normalized spacial score (nSPS) is 17.8. The molecular formula is C24H22N4O4S. The Morgan fingerprint density at radius 2 is 1.82 bits per heavy atom. The highest BCUT2D eigenvalue weighted by molar-refractivity contribution is 7.89. The Hall–Kier alpha value is -3.40. The van der Waals surface area contributed by atoms with Crippen molar-refractivity contribution in [2.45, 2.75) is 24.7 Å². The summed E-state index contributed by atoms with van der Waals surface area (Å²) < 4.78 is 34.7. The van der Waals surface area contributed by atoms with E-state index in [1.807, 2.05) is 42.5 Å². The third-order valence-corrected chi connectivity index (χ3v) is 6.19. The van der Waals surface area contributed by atoms with Crippen LogP contribution in [-0.4, -0.2) is 35.9 Å². The van der Waals surface area contributed by atoms with Gasteiger partial charge in [0.1, 0.15) is 24.7 Å². The van der Waals surface area contributed by atoms with Crippen molar-refractivity contribution in [1.29, 1.82) is 0 Å². The van der Waals surface area contributed by atoms with Crippen LogP contribution in [0.3, 0.4) is 0 Å². The van der Waals surface area contributed by atoms with Gasteiger partial charge < -0.3 is 15.2 Å². The topological polar surface area (TPSA) is 121 Å². The van der Waals surface area contributed by atoms with Crippen LogP contribution in [0, 0.1) is 0 Å². The fourth-order valence-electron chi connectivity index (χ4n) is 3.73. The summed E-state index contributed by atoms with van der Waals surface area (Å²) in [6.45, 7) is 0.252. The van der Waals surface area contributed by atoms with Crippen molar-refractivity contribution >= 4 is 20.7 Å². The first-order valence-electron chi connectivity index (χ1n) is 10.4. The van der Waals surface area contributed by atoms with Gasteiger partial charge in [0.05, 0.1) is 22.7 Å². The molecule has 1 aliphatic rings. The van der Waals surface area contributed by atoms with E-state index in [1.54, 1.807) is 24.7 Å². The number of hydrogen-bond acceptors (Lipinski definition) is 8. The summed E-state index contributed by atoms with van der Waals surface area (Å²) in [7, 11) is -3.15. The SMILES string of the molecule is CS(=O)(=O)Cc1ccc(-c2cc(OCc3ncccc3C3OC3N)c3cccnc3c2)cn1. The summed E-state index contributed by atoms with van der Waals surface area (Å²) in [4.78, 5) is 13.2. The third kappa shape index (κ3) is 4.85. The Bertz CT molecular complexity index is 1420. The van der Waals surface area contributed by atoms with Gasteiger partial charge in [-0.25, -0.2) is 8.42 Å². The molecule has 1 aliphatic heterocycles. The minimum atomic E-state index is -3.15. The standard InChI is InChI=1S/C24H22N4O4S/c1-33(29,30)14-17-7-6-15(12-28-17)16-10-20-18(4-2-8-26-20)22(11-16)31-13-21-19(5-3-9-27-21)23-24(25)32-23/h2-12,23-24H,13-14,25H2,1H3. The predicted molar refractivity (Wildman–Crippen MR) is 124 cm³/mol. The largest absolute Gasteiger partial charge is 0.487 e. The Morgan fingerprint density at radius 1 is 1.03 bits per heavy atom. The van der Waals surface area contributed by atoms with Gasteiger partial charge in [0.2, 0.25) is 0 Å². The molecule has 1 aromatic carbocycles.